The van der Waals surface area contributed by atoms with E-state index in [1.165, 1.54) is 5.56 Å². The van der Waals surface area contributed by atoms with Gasteiger partial charge >= 0.3 is 5.97 Å². The number of esters is 1. The Morgan fingerprint density at radius 3 is 2.33 bits per heavy atom. The lowest BCUT2D eigenvalue weighted by Crippen LogP contribution is -2.63. The topological polar surface area (TPSA) is 44.8 Å². The average molecular weight is 407 g/mol. The smallest absolute Gasteiger partial charge is 0.317 e. The van der Waals surface area contributed by atoms with Crippen molar-refractivity contribution in [2.75, 3.05) is 0 Å². The molecule has 4 atom stereocenters. The summed E-state index contributed by atoms with van der Waals surface area (Å²) in [6, 6.07) is 20.3. The molecule has 0 amide bonds. The lowest BCUT2D eigenvalue weighted by molar-refractivity contribution is -0.342. The molecule has 2 aromatic carbocycles. The summed E-state index contributed by atoms with van der Waals surface area (Å²) in [7, 11) is 0. The lowest BCUT2D eigenvalue weighted by atomic mass is 9.72. The summed E-state index contributed by atoms with van der Waals surface area (Å²) in [6.07, 6.45) is 5.49. The standard InChI is InChI=1S/C26H30O4/c1-25(2)29-22(17-15-20-12-8-5-9-13-20)26(3)23(30-25)18-21(28-24(26)27)16-14-19-10-6-4-7-11-19/h4-13,15,17,21-23H,14,16,18H2,1-3H3. The summed E-state index contributed by atoms with van der Waals surface area (Å²) in [5, 5.41) is 0. The van der Waals surface area contributed by atoms with E-state index in [2.05, 4.69) is 12.1 Å². The molecule has 0 saturated carbocycles. The second-order valence-electron chi connectivity index (χ2n) is 8.88. The Morgan fingerprint density at radius 1 is 0.967 bits per heavy atom. The minimum atomic E-state index is -0.871. The first-order chi connectivity index (χ1) is 14.4. The molecule has 2 aromatic rings. The van der Waals surface area contributed by atoms with Crippen LogP contribution < -0.4 is 0 Å². The predicted octanol–water partition coefficient (Wildman–Crippen LogP) is 5.17. The van der Waals surface area contributed by atoms with Crippen LogP contribution in [-0.2, 0) is 25.4 Å². The molecule has 4 rings (SSSR count). The van der Waals surface area contributed by atoms with Crippen molar-refractivity contribution in [3.05, 3.63) is 77.9 Å². The average Bonchev–Trinajstić information content (AvgIpc) is 2.73. The third-order valence-corrected chi connectivity index (χ3v) is 6.15. The Kier molecular flexibility index (Phi) is 5.81. The van der Waals surface area contributed by atoms with E-state index < -0.39 is 17.3 Å². The van der Waals surface area contributed by atoms with Gasteiger partial charge in [0, 0.05) is 6.42 Å². The van der Waals surface area contributed by atoms with Gasteiger partial charge in [0.1, 0.15) is 11.5 Å². The molecule has 2 heterocycles. The molecular formula is C26H30O4. The van der Waals surface area contributed by atoms with Crippen LogP contribution in [0, 0.1) is 5.41 Å². The van der Waals surface area contributed by atoms with Gasteiger partial charge in [-0.3, -0.25) is 4.79 Å². The highest BCUT2D eigenvalue weighted by Crippen LogP contribution is 2.47. The zero-order valence-corrected chi connectivity index (χ0v) is 17.9. The minimum absolute atomic E-state index is 0.150. The van der Waals surface area contributed by atoms with Gasteiger partial charge in [-0.15, -0.1) is 0 Å². The van der Waals surface area contributed by atoms with Gasteiger partial charge in [0.2, 0.25) is 0 Å². The molecule has 0 aromatic heterocycles. The molecule has 2 aliphatic rings. The van der Waals surface area contributed by atoms with Gasteiger partial charge in [0.05, 0.1) is 12.2 Å². The van der Waals surface area contributed by atoms with E-state index in [4.69, 9.17) is 14.2 Å². The van der Waals surface area contributed by atoms with Crippen molar-refractivity contribution in [3.63, 3.8) is 0 Å². The number of hydrogen-bond acceptors (Lipinski definition) is 4. The maximum atomic E-state index is 13.2. The molecule has 2 fully saturated rings. The molecule has 4 nitrogen and oxygen atoms in total. The highest BCUT2D eigenvalue weighted by atomic mass is 16.7. The molecule has 4 heteroatoms. The highest BCUT2D eigenvalue weighted by molar-refractivity contribution is 5.80. The maximum Gasteiger partial charge on any atom is 0.317 e. The molecule has 0 bridgehead atoms. The van der Waals surface area contributed by atoms with Crippen LogP contribution in [0.3, 0.4) is 0 Å². The Labute approximate surface area is 178 Å². The fourth-order valence-corrected chi connectivity index (χ4v) is 4.36. The van der Waals surface area contributed by atoms with Gasteiger partial charge < -0.3 is 14.2 Å². The third kappa shape index (κ3) is 4.35. The summed E-state index contributed by atoms with van der Waals surface area (Å²) in [5.74, 6) is -1.01. The molecule has 158 valence electrons. The zero-order valence-electron chi connectivity index (χ0n) is 17.9. The number of carbonyl (C=O) groups is 1. The Morgan fingerprint density at radius 2 is 1.63 bits per heavy atom. The van der Waals surface area contributed by atoms with Crippen molar-refractivity contribution in [2.24, 2.45) is 5.41 Å². The summed E-state index contributed by atoms with van der Waals surface area (Å²) in [5.41, 5.74) is 1.44. The monoisotopic (exact) mass is 406 g/mol. The van der Waals surface area contributed by atoms with Gasteiger partial charge in [-0.25, -0.2) is 0 Å². The van der Waals surface area contributed by atoms with Crippen molar-refractivity contribution in [2.45, 2.75) is 64.1 Å². The van der Waals surface area contributed by atoms with Gasteiger partial charge in [-0.2, -0.15) is 0 Å². The highest BCUT2D eigenvalue weighted by Gasteiger charge is 2.59. The van der Waals surface area contributed by atoms with Crippen LogP contribution in [0.5, 0.6) is 0 Å². The Bertz CT molecular complexity index is 890. The predicted molar refractivity (Wildman–Crippen MR) is 117 cm³/mol. The summed E-state index contributed by atoms with van der Waals surface area (Å²) < 4.78 is 18.4. The second-order valence-corrected chi connectivity index (χ2v) is 8.88. The fourth-order valence-electron chi connectivity index (χ4n) is 4.36. The number of ether oxygens (including phenoxy) is 3. The van der Waals surface area contributed by atoms with Crippen LogP contribution in [-0.4, -0.2) is 30.1 Å². The zero-order chi connectivity index (χ0) is 21.2. The van der Waals surface area contributed by atoms with E-state index in [9.17, 15) is 4.79 Å². The Balaban J connectivity index is 1.52. The molecule has 0 spiro atoms. The second kappa shape index (κ2) is 8.37. The van der Waals surface area contributed by atoms with Gasteiger partial charge in [0.25, 0.3) is 0 Å². The van der Waals surface area contributed by atoms with E-state index in [1.54, 1.807) is 0 Å². The van der Waals surface area contributed by atoms with E-state index in [1.807, 2.05) is 81.5 Å². The SMILES string of the molecule is CC1(C)OC(C=Cc2ccccc2)C2(C)C(=O)OC(CCc3ccccc3)CC2O1. The van der Waals surface area contributed by atoms with Crippen LogP contribution in [0.2, 0.25) is 0 Å². The summed E-state index contributed by atoms with van der Waals surface area (Å²) in [6.45, 7) is 5.73. The number of carbonyl (C=O) groups excluding carboxylic acids is 1. The minimum Gasteiger partial charge on any atom is -0.462 e. The molecule has 2 saturated heterocycles. The first-order valence-electron chi connectivity index (χ1n) is 10.7. The van der Waals surface area contributed by atoms with E-state index in [0.29, 0.717) is 6.42 Å². The van der Waals surface area contributed by atoms with Crippen LogP contribution in [0.25, 0.3) is 6.08 Å². The summed E-state index contributed by atoms with van der Waals surface area (Å²) in [4.78, 5) is 13.2. The van der Waals surface area contributed by atoms with Crippen molar-refractivity contribution in [1.82, 2.24) is 0 Å². The maximum absolute atomic E-state index is 13.2. The Hall–Kier alpha value is -2.43. The van der Waals surface area contributed by atoms with E-state index in [0.717, 1.165) is 18.4 Å². The molecule has 0 N–H and O–H groups in total. The van der Waals surface area contributed by atoms with Crippen molar-refractivity contribution in [1.29, 1.82) is 0 Å². The quantitative estimate of drug-likeness (QED) is 0.642. The number of benzene rings is 2. The van der Waals surface area contributed by atoms with Gasteiger partial charge in [0.15, 0.2) is 5.79 Å². The fraction of sp³-hybridized carbons (Fsp3) is 0.423. The number of fused-ring (bicyclic) bond motifs is 1. The molecule has 0 aliphatic carbocycles. The number of rotatable bonds is 5. The summed E-state index contributed by atoms with van der Waals surface area (Å²) >= 11 is 0. The van der Waals surface area contributed by atoms with Crippen LogP contribution in [0.1, 0.15) is 44.7 Å². The van der Waals surface area contributed by atoms with E-state index in [-0.39, 0.29) is 18.2 Å². The first-order valence-corrected chi connectivity index (χ1v) is 10.7. The van der Waals surface area contributed by atoms with Gasteiger partial charge in [-0.1, -0.05) is 72.8 Å². The largest absolute Gasteiger partial charge is 0.462 e. The van der Waals surface area contributed by atoms with Crippen molar-refractivity contribution in [3.8, 4) is 0 Å². The van der Waals surface area contributed by atoms with E-state index >= 15 is 0 Å². The molecule has 2 aliphatic heterocycles. The molecule has 30 heavy (non-hydrogen) atoms. The molecular weight excluding hydrogens is 376 g/mol. The van der Waals surface area contributed by atoms with Crippen LogP contribution in [0.4, 0.5) is 0 Å². The van der Waals surface area contributed by atoms with Crippen molar-refractivity contribution >= 4 is 12.0 Å². The van der Waals surface area contributed by atoms with Crippen LogP contribution in [0.15, 0.2) is 66.7 Å². The first kappa shape index (κ1) is 20.8. The normalized spacial score (nSPS) is 30.6. The number of cyclic esters (lactones) is 1. The molecule has 0 radical (unpaired) electrons. The van der Waals surface area contributed by atoms with Crippen molar-refractivity contribution < 1.29 is 19.0 Å². The number of hydrogen-bond donors (Lipinski definition) is 0. The third-order valence-electron chi connectivity index (χ3n) is 6.15. The lowest BCUT2D eigenvalue weighted by Gasteiger charge is -2.53. The molecule has 4 unspecified atom stereocenters. The van der Waals surface area contributed by atoms with Gasteiger partial charge in [-0.05, 0) is 44.7 Å². The van der Waals surface area contributed by atoms with Crippen LogP contribution >= 0.6 is 0 Å². The number of aryl methyl sites for hydroxylation is 1.